The number of carbonyl (C=O) groups excluding carboxylic acids is 3. The van der Waals surface area contributed by atoms with Gasteiger partial charge in [0.25, 0.3) is 0 Å². The van der Waals surface area contributed by atoms with E-state index in [2.05, 4.69) is 18.3 Å². The van der Waals surface area contributed by atoms with Gasteiger partial charge in [0.2, 0.25) is 5.78 Å². The molecule has 260 valence electrons. The third-order valence-corrected chi connectivity index (χ3v) is 8.24. The first-order valence-electron chi connectivity index (χ1n) is 14.7. The van der Waals surface area contributed by atoms with E-state index in [9.17, 15) is 36.0 Å². The van der Waals surface area contributed by atoms with Gasteiger partial charge in [-0.25, -0.2) is 9.59 Å². The number of alkyl halides is 3. The number of hydrogen-bond donors (Lipinski definition) is 0. The van der Waals surface area contributed by atoms with Gasteiger partial charge in [-0.05, 0) is 48.7 Å². The molecule has 0 spiro atoms. The molecule has 0 aliphatic carbocycles. The molecule has 4 rings (SSSR count). The van der Waals surface area contributed by atoms with E-state index >= 15 is 0 Å². The van der Waals surface area contributed by atoms with Gasteiger partial charge in [-0.2, -0.15) is 21.6 Å². The monoisotopic (exact) mass is 709 g/mol. The normalized spacial score (nSPS) is 12.1. The van der Waals surface area contributed by atoms with Crippen LogP contribution < -0.4 is 4.74 Å². The summed E-state index contributed by atoms with van der Waals surface area (Å²) in [6.07, 6.45) is -2.71. The summed E-state index contributed by atoms with van der Waals surface area (Å²) in [5.74, 6) is -1.80. The fraction of sp³-hybridized carbons (Fsp3) is 0.167. The zero-order valence-corrected chi connectivity index (χ0v) is 27.3. The molecule has 0 heterocycles. The SMILES string of the molecule is C=CC(=O)OCC(C)(COC(=O)C=C)COc1ccc(C(=O)/C(=N/OS(=O)(=O)c2ccc(C(F)(F)F)cc2)c2ccccc2)c2ccccc12. The van der Waals surface area contributed by atoms with E-state index in [1.54, 1.807) is 49.4 Å². The summed E-state index contributed by atoms with van der Waals surface area (Å²) in [5, 5.41) is 4.56. The highest BCUT2D eigenvalue weighted by Gasteiger charge is 2.32. The van der Waals surface area contributed by atoms with E-state index in [1.807, 2.05) is 0 Å². The van der Waals surface area contributed by atoms with Crippen LogP contribution in [0.1, 0.15) is 28.4 Å². The third-order valence-electron chi connectivity index (χ3n) is 7.12. The molecule has 0 aliphatic heterocycles. The van der Waals surface area contributed by atoms with Crippen molar-refractivity contribution in [3.05, 3.63) is 133 Å². The Balaban J connectivity index is 1.67. The number of halogens is 3. The van der Waals surface area contributed by atoms with E-state index in [1.165, 1.54) is 24.3 Å². The second-order valence-electron chi connectivity index (χ2n) is 11.1. The Morgan fingerprint density at radius 2 is 1.32 bits per heavy atom. The number of oxime groups is 1. The Kier molecular flexibility index (Phi) is 11.6. The van der Waals surface area contributed by atoms with Gasteiger partial charge in [0.05, 0.1) is 11.0 Å². The number of fused-ring (bicyclic) bond motifs is 1. The topological polar surface area (TPSA) is 135 Å². The smallest absolute Gasteiger partial charge is 0.416 e. The number of ketones is 1. The van der Waals surface area contributed by atoms with Crippen molar-refractivity contribution in [3.8, 4) is 5.75 Å². The lowest BCUT2D eigenvalue weighted by molar-refractivity contribution is -0.148. The standard InChI is InChI=1S/C36H30F3NO9S/c1-4-31(41)47-22-35(3,23-48-32(42)5-2)21-46-30-20-19-29(27-13-9-10-14-28(27)30)34(43)33(24-11-7-6-8-12-24)40-49-50(44,45)26-17-15-25(16-18-26)36(37,38)39/h4-20H,1-2,21-23H2,3H3/b40-33+. The van der Waals surface area contributed by atoms with Crippen molar-refractivity contribution in [2.24, 2.45) is 10.6 Å². The number of Topliss-reactive ketones (excluding diaryl/α,β-unsaturated/α-hetero) is 1. The van der Waals surface area contributed by atoms with Gasteiger partial charge in [-0.1, -0.05) is 72.9 Å². The van der Waals surface area contributed by atoms with Crippen molar-refractivity contribution >= 4 is 44.3 Å². The Morgan fingerprint density at radius 1 is 0.760 bits per heavy atom. The molecule has 0 unspecified atom stereocenters. The minimum atomic E-state index is -4.74. The van der Waals surface area contributed by atoms with Crippen molar-refractivity contribution < 1.29 is 54.5 Å². The fourth-order valence-corrected chi connectivity index (χ4v) is 5.20. The summed E-state index contributed by atoms with van der Waals surface area (Å²) in [6, 6.07) is 20.1. The summed E-state index contributed by atoms with van der Waals surface area (Å²) in [5.41, 5.74) is -2.19. The second-order valence-corrected chi connectivity index (χ2v) is 12.6. The molecule has 0 saturated heterocycles. The van der Waals surface area contributed by atoms with Crippen LogP contribution in [0.4, 0.5) is 13.2 Å². The maximum Gasteiger partial charge on any atom is 0.416 e. The minimum absolute atomic E-state index is 0.0914. The van der Waals surface area contributed by atoms with Crippen LogP contribution in [0.3, 0.4) is 0 Å². The predicted octanol–water partition coefficient (Wildman–Crippen LogP) is 6.69. The van der Waals surface area contributed by atoms with Gasteiger partial charge >= 0.3 is 28.2 Å². The Morgan fingerprint density at radius 3 is 1.88 bits per heavy atom. The summed E-state index contributed by atoms with van der Waals surface area (Å²) in [7, 11) is -4.74. The third kappa shape index (κ3) is 9.23. The highest BCUT2D eigenvalue weighted by Crippen LogP contribution is 2.32. The molecule has 0 aromatic heterocycles. The Bertz CT molecular complexity index is 2020. The lowest BCUT2D eigenvalue weighted by atomic mass is 9.93. The number of ether oxygens (including phenoxy) is 3. The number of rotatable bonds is 15. The molecule has 50 heavy (non-hydrogen) atoms. The van der Waals surface area contributed by atoms with Crippen LogP contribution in [0.5, 0.6) is 5.75 Å². The van der Waals surface area contributed by atoms with Crippen molar-refractivity contribution in [2.45, 2.75) is 18.0 Å². The molecule has 0 amide bonds. The highest BCUT2D eigenvalue weighted by atomic mass is 32.2. The molecule has 0 radical (unpaired) electrons. The van der Waals surface area contributed by atoms with E-state index in [0.717, 1.165) is 24.3 Å². The molecule has 14 heteroatoms. The molecule has 10 nitrogen and oxygen atoms in total. The zero-order valence-electron chi connectivity index (χ0n) is 26.5. The highest BCUT2D eigenvalue weighted by molar-refractivity contribution is 7.86. The zero-order chi connectivity index (χ0) is 36.5. The fourth-order valence-electron chi connectivity index (χ4n) is 4.47. The molecule has 4 aromatic rings. The maximum absolute atomic E-state index is 14.1. The van der Waals surface area contributed by atoms with Gasteiger partial charge < -0.3 is 14.2 Å². The van der Waals surface area contributed by atoms with Gasteiger partial charge in [-0.3, -0.25) is 9.08 Å². The Hall–Kier alpha value is -5.76. The molecule has 0 saturated carbocycles. The molecule has 0 bridgehead atoms. The summed E-state index contributed by atoms with van der Waals surface area (Å²) >= 11 is 0. The van der Waals surface area contributed by atoms with Crippen molar-refractivity contribution in [2.75, 3.05) is 19.8 Å². The molecule has 4 aromatic carbocycles. The van der Waals surface area contributed by atoms with Crippen molar-refractivity contribution in [3.63, 3.8) is 0 Å². The summed E-state index contributed by atoms with van der Waals surface area (Å²) in [6.45, 7) is 7.91. The largest absolute Gasteiger partial charge is 0.492 e. The van der Waals surface area contributed by atoms with Gasteiger partial charge in [-0.15, -0.1) is 0 Å². The number of esters is 2. The van der Waals surface area contributed by atoms with Crippen LogP contribution in [-0.4, -0.2) is 51.7 Å². The Labute approximate surface area is 285 Å². The summed E-state index contributed by atoms with van der Waals surface area (Å²) < 4.78 is 86.1. The molecule has 0 aliphatic rings. The molecular formula is C36H30F3NO9S. The van der Waals surface area contributed by atoms with Gasteiger partial charge in [0.15, 0.2) is 5.71 Å². The van der Waals surface area contributed by atoms with Crippen LogP contribution in [0.25, 0.3) is 10.8 Å². The number of carbonyl (C=O) groups is 3. The number of benzene rings is 4. The lowest BCUT2D eigenvalue weighted by Gasteiger charge is -2.28. The van der Waals surface area contributed by atoms with Gasteiger partial charge in [0.1, 0.15) is 30.5 Å². The van der Waals surface area contributed by atoms with Crippen LogP contribution in [0.15, 0.2) is 126 Å². The van der Waals surface area contributed by atoms with E-state index in [-0.39, 0.29) is 30.9 Å². The lowest BCUT2D eigenvalue weighted by Crippen LogP contribution is -2.37. The van der Waals surface area contributed by atoms with E-state index in [4.69, 9.17) is 18.5 Å². The van der Waals surface area contributed by atoms with Gasteiger partial charge in [0, 0.05) is 28.7 Å². The van der Waals surface area contributed by atoms with E-state index < -0.39 is 55.6 Å². The molecular weight excluding hydrogens is 679 g/mol. The summed E-state index contributed by atoms with van der Waals surface area (Å²) in [4.78, 5) is 37.0. The minimum Gasteiger partial charge on any atom is -0.492 e. The van der Waals surface area contributed by atoms with Crippen molar-refractivity contribution in [1.29, 1.82) is 0 Å². The molecule has 0 fully saturated rings. The van der Waals surface area contributed by atoms with Crippen LogP contribution in [0, 0.1) is 5.41 Å². The second kappa shape index (κ2) is 15.6. The molecule has 0 N–H and O–H groups in total. The average Bonchev–Trinajstić information content (AvgIpc) is 3.12. The predicted molar refractivity (Wildman–Crippen MR) is 177 cm³/mol. The van der Waals surface area contributed by atoms with Crippen LogP contribution in [0.2, 0.25) is 0 Å². The van der Waals surface area contributed by atoms with Crippen LogP contribution in [-0.2, 0) is 39.6 Å². The van der Waals surface area contributed by atoms with Crippen molar-refractivity contribution in [1.82, 2.24) is 0 Å². The average molecular weight is 710 g/mol. The molecule has 0 atom stereocenters. The quantitative estimate of drug-likeness (QED) is 0.0435. The number of hydrogen-bond acceptors (Lipinski definition) is 10. The first kappa shape index (κ1) is 37.1. The van der Waals surface area contributed by atoms with Crippen LogP contribution >= 0.6 is 0 Å². The van der Waals surface area contributed by atoms with E-state index in [0.29, 0.717) is 28.7 Å². The first-order chi connectivity index (χ1) is 23.7. The maximum atomic E-state index is 14.1. The first-order valence-corrected chi connectivity index (χ1v) is 16.1. The number of nitrogens with zero attached hydrogens (tertiary/aromatic N) is 1.